The van der Waals surface area contributed by atoms with Gasteiger partial charge in [-0.05, 0) is 19.3 Å². The normalized spacial score (nSPS) is 28.8. The first-order valence-electron chi connectivity index (χ1n) is 6.97. The van der Waals surface area contributed by atoms with Crippen LogP contribution in [0.25, 0.3) is 0 Å². The van der Waals surface area contributed by atoms with Gasteiger partial charge in [0.05, 0.1) is 17.4 Å². The van der Waals surface area contributed by atoms with E-state index in [2.05, 4.69) is 0 Å². The topological polar surface area (TPSA) is 54.5 Å². The molecule has 0 spiro atoms. The molecule has 1 atom stereocenters. The number of rotatable bonds is 2. The van der Waals surface area contributed by atoms with E-state index in [-0.39, 0.29) is 23.3 Å². The van der Waals surface area contributed by atoms with Crippen LogP contribution in [0.2, 0.25) is 0 Å². The molecule has 0 bridgehead atoms. The molecule has 1 amide bonds. The lowest BCUT2D eigenvalue weighted by molar-refractivity contribution is -0.135. The fourth-order valence-electron chi connectivity index (χ4n) is 3.10. The summed E-state index contributed by atoms with van der Waals surface area (Å²) in [5.74, 6) is -0.00335. The van der Waals surface area contributed by atoms with Crippen molar-refractivity contribution in [1.82, 2.24) is 4.90 Å². The van der Waals surface area contributed by atoms with Crippen molar-refractivity contribution in [2.75, 3.05) is 18.6 Å². The lowest BCUT2D eigenvalue weighted by atomic mass is 10.0. The van der Waals surface area contributed by atoms with Crippen molar-refractivity contribution in [2.24, 2.45) is 5.92 Å². The minimum atomic E-state index is -2.96. The second-order valence-corrected chi connectivity index (χ2v) is 7.92. The Labute approximate surface area is 110 Å². The third-order valence-electron chi connectivity index (χ3n) is 4.30. The molecule has 1 saturated heterocycles. The minimum Gasteiger partial charge on any atom is -0.343 e. The number of sulfone groups is 1. The van der Waals surface area contributed by atoms with Crippen molar-refractivity contribution in [3.8, 4) is 0 Å². The van der Waals surface area contributed by atoms with Crippen LogP contribution in [0.1, 0.15) is 44.9 Å². The lowest BCUT2D eigenvalue weighted by Crippen LogP contribution is -2.40. The zero-order valence-corrected chi connectivity index (χ0v) is 11.9. The van der Waals surface area contributed by atoms with E-state index in [0.717, 1.165) is 12.8 Å². The van der Waals surface area contributed by atoms with Crippen LogP contribution in [-0.4, -0.2) is 43.8 Å². The van der Waals surface area contributed by atoms with Gasteiger partial charge in [0.2, 0.25) is 5.91 Å². The van der Waals surface area contributed by atoms with Gasteiger partial charge in [-0.25, -0.2) is 8.42 Å². The summed E-state index contributed by atoms with van der Waals surface area (Å²) in [7, 11) is -1.11. The Balaban J connectivity index is 1.95. The Morgan fingerprint density at radius 3 is 2.17 bits per heavy atom. The van der Waals surface area contributed by atoms with Gasteiger partial charge in [0, 0.05) is 13.1 Å². The molecule has 18 heavy (non-hydrogen) atoms. The molecule has 0 radical (unpaired) electrons. The third kappa shape index (κ3) is 3.25. The molecule has 1 unspecified atom stereocenters. The standard InChI is InChI=1S/C13H23NO3S/c1-14(12-6-4-2-3-5-7-12)13(15)11-8-9-18(16,17)10-11/h11-12H,2-10H2,1H3. The number of amides is 1. The Bertz CT molecular complexity index is 396. The van der Waals surface area contributed by atoms with E-state index < -0.39 is 9.84 Å². The number of carbonyl (C=O) groups excluding carboxylic acids is 1. The van der Waals surface area contributed by atoms with Gasteiger partial charge in [-0.15, -0.1) is 0 Å². The molecule has 0 N–H and O–H groups in total. The van der Waals surface area contributed by atoms with Crippen LogP contribution in [0, 0.1) is 5.92 Å². The van der Waals surface area contributed by atoms with Gasteiger partial charge in [-0.1, -0.05) is 25.7 Å². The first-order valence-corrected chi connectivity index (χ1v) is 8.79. The number of hydrogen-bond acceptors (Lipinski definition) is 3. The third-order valence-corrected chi connectivity index (χ3v) is 6.07. The molecule has 0 aromatic heterocycles. The zero-order chi connectivity index (χ0) is 13.2. The molecular weight excluding hydrogens is 250 g/mol. The van der Waals surface area contributed by atoms with Gasteiger partial charge in [0.15, 0.2) is 9.84 Å². The highest BCUT2D eigenvalue weighted by Gasteiger charge is 2.36. The van der Waals surface area contributed by atoms with Crippen molar-refractivity contribution in [3.63, 3.8) is 0 Å². The predicted octanol–water partition coefficient (Wildman–Crippen LogP) is 1.60. The largest absolute Gasteiger partial charge is 0.343 e. The summed E-state index contributed by atoms with van der Waals surface area (Å²) in [5.41, 5.74) is 0. The van der Waals surface area contributed by atoms with Crippen molar-refractivity contribution in [1.29, 1.82) is 0 Å². The molecule has 2 rings (SSSR count). The fraction of sp³-hybridized carbons (Fsp3) is 0.923. The SMILES string of the molecule is CN(C(=O)C1CCS(=O)(=O)C1)C1CCCCCC1. The maximum Gasteiger partial charge on any atom is 0.226 e. The summed E-state index contributed by atoms with van der Waals surface area (Å²) >= 11 is 0. The lowest BCUT2D eigenvalue weighted by Gasteiger charge is -2.29. The van der Waals surface area contributed by atoms with Crippen LogP contribution in [0.5, 0.6) is 0 Å². The van der Waals surface area contributed by atoms with Crippen molar-refractivity contribution in [2.45, 2.75) is 51.0 Å². The highest BCUT2D eigenvalue weighted by Crippen LogP contribution is 2.25. The van der Waals surface area contributed by atoms with Gasteiger partial charge >= 0.3 is 0 Å². The van der Waals surface area contributed by atoms with Crippen LogP contribution in [0.15, 0.2) is 0 Å². The van der Waals surface area contributed by atoms with E-state index in [1.165, 1.54) is 25.7 Å². The molecule has 1 heterocycles. The van der Waals surface area contributed by atoms with E-state index >= 15 is 0 Å². The first kappa shape index (κ1) is 13.8. The van der Waals surface area contributed by atoms with Gasteiger partial charge in [0.25, 0.3) is 0 Å². The van der Waals surface area contributed by atoms with Crippen LogP contribution in [-0.2, 0) is 14.6 Å². The fourth-order valence-corrected chi connectivity index (χ4v) is 4.84. The van der Waals surface area contributed by atoms with Crippen LogP contribution in [0.4, 0.5) is 0 Å². The number of hydrogen-bond donors (Lipinski definition) is 0. The van der Waals surface area contributed by atoms with E-state index in [1.807, 2.05) is 11.9 Å². The summed E-state index contributed by atoms with van der Waals surface area (Å²) < 4.78 is 22.9. The quantitative estimate of drug-likeness (QED) is 0.718. The average Bonchev–Trinajstić information content (AvgIpc) is 2.57. The zero-order valence-electron chi connectivity index (χ0n) is 11.1. The molecule has 1 saturated carbocycles. The highest BCUT2D eigenvalue weighted by atomic mass is 32.2. The van der Waals surface area contributed by atoms with Gasteiger partial charge in [-0.2, -0.15) is 0 Å². The van der Waals surface area contributed by atoms with Gasteiger partial charge in [-0.3, -0.25) is 4.79 Å². The maximum atomic E-state index is 12.3. The molecular formula is C13H23NO3S. The molecule has 5 heteroatoms. The van der Waals surface area contributed by atoms with Crippen molar-refractivity contribution >= 4 is 15.7 Å². The Morgan fingerprint density at radius 1 is 1.06 bits per heavy atom. The van der Waals surface area contributed by atoms with Crippen LogP contribution in [0.3, 0.4) is 0 Å². The Morgan fingerprint density at radius 2 is 1.67 bits per heavy atom. The van der Waals surface area contributed by atoms with Crippen LogP contribution < -0.4 is 0 Å². The Kier molecular flexibility index (Phi) is 4.30. The monoisotopic (exact) mass is 273 g/mol. The van der Waals surface area contributed by atoms with Gasteiger partial charge in [0.1, 0.15) is 0 Å². The number of carbonyl (C=O) groups is 1. The molecule has 4 nitrogen and oxygen atoms in total. The molecule has 1 aliphatic heterocycles. The Hall–Kier alpha value is -0.580. The second-order valence-electron chi connectivity index (χ2n) is 5.69. The highest BCUT2D eigenvalue weighted by molar-refractivity contribution is 7.91. The second kappa shape index (κ2) is 5.59. The molecule has 2 fully saturated rings. The summed E-state index contributed by atoms with van der Waals surface area (Å²) in [4.78, 5) is 14.1. The van der Waals surface area contributed by atoms with Gasteiger partial charge < -0.3 is 4.90 Å². The smallest absolute Gasteiger partial charge is 0.226 e. The first-order chi connectivity index (χ1) is 8.49. The average molecular weight is 273 g/mol. The molecule has 104 valence electrons. The summed E-state index contributed by atoms with van der Waals surface area (Å²) in [6.45, 7) is 0. The number of nitrogens with zero attached hydrogens (tertiary/aromatic N) is 1. The molecule has 1 aliphatic carbocycles. The predicted molar refractivity (Wildman–Crippen MR) is 71.0 cm³/mol. The van der Waals surface area contributed by atoms with E-state index in [9.17, 15) is 13.2 Å². The van der Waals surface area contributed by atoms with Crippen molar-refractivity contribution in [3.05, 3.63) is 0 Å². The van der Waals surface area contributed by atoms with E-state index in [4.69, 9.17) is 0 Å². The minimum absolute atomic E-state index is 0.0444. The molecule has 0 aromatic carbocycles. The van der Waals surface area contributed by atoms with Crippen LogP contribution >= 0.6 is 0 Å². The molecule has 0 aromatic rings. The van der Waals surface area contributed by atoms with E-state index in [0.29, 0.717) is 12.5 Å². The molecule has 2 aliphatic rings. The summed E-state index contributed by atoms with van der Waals surface area (Å²) in [5, 5.41) is 0. The van der Waals surface area contributed by atoms with E-state index in [1.54, 1.807) is 0 Å². The summed E-state index contributed by atoms with van der Waals surface area (Å²) in [6, 6.07) is 0.323. The maximum absolute atomic E-state index is 12.3. The van der Waals surface area contributed by atoms with Crippen molar-refractivity contribution < 1.29 is 13.2 Å². The summed E-state index contributed by atoms with van der Waals surface area (Å²) in [6.07, 6.45) is 7.55.